The van der Waals surface area contributed by atoms with Crippen LogP contribution in [0.1, 0.15) is 26.7 Å². The van der Waals surface area contributed by atoms with E-state index in [4.69, 9.17) is 0 Å². The third-order valence-corrected chi connectivity index (χ3v) is 1.87. The topological polar surface area (TPSA) is 40.5 Å². The maximum Gasteiger partial charge on any atom is 0.120 e. The lowest BCUT2D eigenvalue weighted by Crippen LogP contribution is -2.28. The fourth-order valence-electron chi connectivity index (χ4n) is 1.11. The SMILES string of the molecule is [CH2]CC#CC(O)C(CC)C(C)O. The van der Waals surface area contributed by atoms with Crippen molar-refractivity contribution in [2.24, 2.45) is 5.92 Å². The summed E-state index contributed by atoms with van der Waals surface area (Å²) in [6.07, 6.45) is -0.0151. The minimum atomic E-state index is -0.725. The van der Waals surface area contributed by atoms with E-state index < -0.39 is 12.2 Å². The van der Waals surface area contributed by atoms with E-state index in [1.54, 1.807) is 6.92 Å². The first kappa shape index (κ1) is 11.5. The van der Waals surface area contributed by atoms with Crippen LogP contribution < -0.4 is 0 Å². The number of aliphatic hydroxyl groups is 2. The molecule has 0 fully saturated rings. The molecule has 0 aromatic rings. The average molecular weight is 169 g/mol. The van der Waals surface area contributed by atoms with Gasteiger partial charge in [-0.2, -0.15) is 0 Å². The summed E-state index contributed by atoms with van der Waals surface area (Å²) in [6.45, 7) is 7.13. The minimum Gasteiger partial charge on any atom is -0.393 e. The first-order valence-corrected chi connectivity index (χ1v) is 4.27. The lowest BCUT2D eigenvalue weighted by atomic mass is 9.94. The van der Waals surface area contributed by atoms with Crippen LogP contribution in [0.4, 0.5) is 0 Å². The van der Waals surface area contributed by atoms with Gasteiger partial charge in [0, 0.05) is 12.3 Å². The molecule has 0 aromatic heterocycles. The highest BCUT2D eigenvalue weighted by molar-refractivity contribution is 5.07. The molecule has 3 unspecified atom stereocenters. The highest BCUT2D eigenvalue weighted by Crippen LogP contribution is 2.12. The van der Waals surface area contributed by atoms with Crippen LogP contribution >= 0.6 is 0 Å². The Morgan fingerprint density at radius 3 is 2.33 bits per heavy atom. The zero-order valence-corrected chi connectivity index (χ0v) is 7.75. The van der Waals surface area contributed by atoms with Crippen LogP contribution in [0.3, 0.4) is 0 Å². The van der Waals surface area contributed by atoms with Gasteiger partial charge in [-0.25, -0.2) is 0 Å². The first-order chi connectivity index (χ1) is 5.63. The fraction of sp³-hybridized carbons (Fsp3) is 0.700. The van der Waals surface area contributed by atoms with Crippen molar-refractivity contribution >= 4 is 0 Å². The van der Waals surface area contributed by atoms with E-state index in [2.05, 4.69) is 18.8 Å². The number of aliphatic hydroxyl groups excluding tert-OH is 2. The van der Waals surface area contributed by atoms with Crippen molar-refractivity contribution in [2.45, 2.75) is 38.9 Å². The highest BCUT2D eigenvalue weighted by Gasteiger charge is 2.19. The van der Waals surface area contributed by atoms with Crippen molar-refractivity contribution in [3.8, 4) is 11.8 Å². The Labute approximate surface area is 74.6 Å². The van der Waals surface area contributed by atoms with Gasteiger partial charge in [0.05, 0.1) is 6.10 Å². The fourth-order valence-corrected chi connectivity index (χ4v) is 1.11. The molecule has 0 rings (SSSR count). The summed E-state index contributed by atoms with van der Waals surface area (Å²) in [5, 5.41) is 18.7. The lowest BCUT2D eigenvalue weighted by molar-refractivity contribution is 0.0486. The molecule has 0 aliphatic carbocycles. The predicted octanol–water partition coefficient (Wildman–Crippen LogP) is 0.982. The summed E-state index contributed by atoms with van der Waals surface area (Å²) in [7, 11) is 0. The monoisotopic (exact) mass is 169 g/mol. The van der Waals surface area contributed by atoms with Crippen LogP contribution in [0.15, 0.2) is 0 Å². The van der Waals surface area contributed by atoms with Gasteiger partial charge in [0.25, 0.3) is 0 Å². The van der Waals surface area contributed by atoms with E-state index in [-0.39, 0.29) is 5.92 Å². The molecular weight excluding hydrogens is 152 g/mol. The molecule has 3 atom stereocenters. The molecule has 2 heteroatoms. The average Bonchev–Trinajstić information content (AvgIpc) is 2.01. The van der Waals surface area contributed by atoms with Gasteiger partial charge in [0.1, 0.15) is 6.10 Å². The molecule has 0 aromatic carbocycles. The maximum atomic E-state index is 9.45. The van der Waals surface area contributed by atoms with E-state index in [0.717, 1.165) is 6.42 Å². The van der Waals surface area contributed by atoms with Crippen molar-refractivity contribution in [2.75, 3.05) is 0 Å². The van der Waals surface area contributed by atoms with Gasteiger partial charge in [-0.3, -0.25) is 0 Å². The lowest BCUT2D eigenvalue weighted by Gasteiger charge is -2.19. The standard InChI is InChI=1S/C10H17O2/c1-4-6-7-10(12)9(5-2)8(3)11/h8-12H,1,4-5H2,2-3H3. The second kappa shape index (κ2) is 6.05. The quantitative estimate of drug-likeness (QED) is 0.618. The van der Waals surface area contributed by atoms with Crippen LogP contribution in [0.25, 0.3) is 0 Å². The Hall–Kier alpha value is -0.520. The largest absolute Gasteiger partial charge is 0.393 e. The van der Waals surface area contributed by atoms with Crippen molar-refractivity contribution in [3.63, 3.8) is 0 Å². The smallest absolute Gasteiger partial charge is 0.120 e. The Balaban J connectivity index is 4.11. The van der Waals surface area contributed by atoms with Crippen molar-refractivity contribution in [1.82, 2.24) is 0 Å². The van der Waals surface area contributed by atoms with E-state index in [0.29, 0.717) is 6.42 Å². The molecule has 1 radical (unpaired) electrons. The van der Waals surface area contributed by atoms with Crippen LogP contribution in [0.5, 0.6) is 0 Å². The first-order valence-electron chi connectivity index (χ1n) is 4.27. The third kappa shape index (κ3) is 3.75. The highest BCUT2D eigenvalue weighted by atomic mass is 16.3. The van der Waals surface area contributed by atoms with Gasteiger partial charge in [0.2, 0.25) is 0 Å². The second-order valence-corrected chi connectivity index (χ2v) is 2.83. The summed E-state index contributed by atoms with van der Waals surface area (Å²) in [4.78, 5) is 0. The maximum absolute atomic E-state index is 9.45. The van der Waals surface area contributed by atoms with Gasteiger partial charge < -0.3 is 10.2 Å². The molecule has 0 saturated heterocycles. The van der Waals surface area contributed by atoms with Crippen LogP contribution in [-0.2, 0) is 0 Å². The predicted molar refractivity (Wildman–Crippen MR) is 49.2 cm³/mol. The molecule has 2 nitrogen and oxygen atoms in total. The van der Waals surface area contributed by atoms with Crippen molar-refractivity contribution < 1.29 is 10.2 Å². The molecule has 69 valence electrons. The zero-order chi connectivity index (χ0) is 9.56. The van der Waals surface area contributed by atoms with E-state index in [1.165, 1.54) is 0 Å². The number of hydrogen-bond acceptors (Lipinski definition) is 2. The van der Waals surface area contributed by atoms with E-state index in [1.807, 2.05) is 6.92 Å². The summed E-state index contributed by atoms with van der Waals surface area (Å²) >= 11 is 0. The van der Waals surface area contributed by atoms with Crippen LogP contribution in [-0.4, -0.2) is 22.4 Å². The summed E-state index contributed by atoms with van der Waals surface area (Å²) in [5.74, 6) is 5.19. The molecular formula is C10H17O2. The third-order valence-electron chi connectivity index (χ3n) is 1.87. The molecule has 0 bridgehead atoms. The number of rotatable bonds is 3. The minimum absolute atomic E-state index is 0.149. The van der Waals surface area contributed by atoms with E-state index in [9.17, 15) is 10.2 Å². The summed E-state index contributed by atoms with van der Waals surface area (Å²) in [5.41, 5.74) is 0. The number of hydrogen-bond donors (Lipinski definition) is 2. The second-order valence-electron chi connectivity index (χ2n) is 2.83. The molecule has 0 amide bonds. The van der Waals surface area contributed by atoms with Gasteiger partial charge in [-0.1, -0.05) is 12.8 Å². The molecule has 0 aliphatic heterocycles. The molecule has 2 N–H and O–H groups in total. The Bertz CT molecular complexity index is 164. The summed E-state index contributed by atoms with van der Waals surface area (Å²) in [6, 6.07) is 0. The Kier molecular flexibility index (Phi) is 5.79. The normalized spacial score (nSPS) is 17.4. The molecule has 0 saturated carbocycles. The molecule has 0 spiro atoms. The molecule has 12 heavy (non-hydrogen) atoms. The van der Waals surface area contributed by atoms with Gasteiger partial charge >= 0.3 is 0 Å². The van der Waals surface area contributed by atoms with E-state index >= 15 is 0 Å². The van der Waals surface area contributed by atoms with Gasteiger partial charge in [0.15, 0.2) is 0 Å². The van der Waals surface area contributed by atoms with Crippen molar-refractivity contribution in [3.05, 3.63) is 6.92 Å². The molecule has 0 aliphatic rings. The summed E-state index contributed by atoms with van der Waals surface area (Å²) < 4.78 is 0. The van der Waals surface area contributed by atoms with Crippen LogP contribution in [0, 0.1) is 24.7 Å². The van der Waals surface area contributed by atoms with Crippen molar-refractivity contribution in [1.29, 1.82) is 0 Å². The van der Waals surface area contributed by atoms with Gasteiger partial charge in [-0.15, -0.1) is 5.92 Å². The Morgan fingerprint density at radius 2 is 2.00 bits per heavy atom. The molecule has 0 heterocycles. The Morgan fingerprint density at radius 1 is 1.42 bits per heavy atom. The van der Waals surface area contributed by atoms with Gasteiger partial charge in [-0.05, 0) is 20.3 Å². The zero-order valence-electron chi connectivity index (χ0n) is 7.75. The van der Waals surface area contributed by atoms with Crippen LogP contribution in [0.2, 0.25) is 0 Å².